The molecule has 1 heterocycles. The van der Waals surface area contributed by atoms with Crippen LogP contribution in [-0.2, 0) is 6.54 Å². The van der Waals surface area contributed by atoms with Gasteiger partial charge in [0.2, 0.25) is 6.21 Å². The third-order valence-electron chi connectivity index (χ3n) is 2.39. The molecule has 1 aromatic rings. The van der Waals surface area contributed by atoms with Crippen LogP contribution in [0.2, 0.25) is 0 Å². The second kappa shape index (κ2) is 7.24. The SMILES string of the molecule is NCc1ccc(NCC2=CC=CC=[N+]2)cc1.[I-]. The van der Waals surface area contributed by atoms with Gasteiger partial charge in [-0.25, -0.2) is 0 Å². The van der Waals surface area contributed by atoms with Gasteiger partial charge in [-0.2, -0.15) is 0 Å². The molecule has 0 spiro atoms. The van der Waals surface area contributed by atoms with Gasteiger partial charge >= 0.3 is 0 Å². The summed E-state index contributed by atoms with van der Waals surface area (Å²) in [5, 5.41) is 3.31. The predicted octanol–water partition coefficient (Wildman–Crippen LogP) is -1.58. The summed E-state index contributed by atoms with van der Waals surface area (Å²) in [5.41, 5.74) is 8.80. The fourth-order valence-corrected chi connectivity index (χ4v) is 1.45. The standard InChI is InChI=1S/C13H15N3.HI/c14-9-11-4-6-12(7-5-11)16-10-13-3-1-2-8-15-13;/h1-8,16H,9-10,14H2;1H/q+1;/p-1. The van der Waals surface area contributed by atoms with E-state index in [0.717, 1.165) is 23.5 Å². The first-order chi connectivity index (χ1) is 7.88. The second-order valence-corrected chi connectivity index (χ2v) is 3.58. The summed E-state index contributed by atoms with van der Waals surface area (Å²) in [7, 11) is 0. The molecule has 4 heteroatoms. The Hall–Kier alpha value is -1.14. The van der Waals surface area contributed by atoms with Gasteiger partial charge in [-0.15, -0.1) is 0 Å². The Balaban J connectivity index is 0.00000144. The lowest BCUT2D eigenvalue weighted by atomic mass is 10.2. The maximum atomic E-state index is 5.53. The minimum Gasteiger partial charge on any atom is -1.00 e. The van der Waals surface area contributed by atoms with Crippen LogP contribution in [0.1, 0.15) is 5.56 Å². The van der Waals surface area contributed by atoms with E-state index in [1.807, 2.05) is 42.5 Å². The van der Waals surface area contributed by atoms with Crippen molar-refractivity contribution < 1.29 is 24.0 Å². The predicted molar refractivity (Wildman–Crippen MR) is 68.2 cm³/mol. The Kier molecular flexibility index (Phi) is 5.93. The van der Waals surface area contributed by atoms with Crippen molar-refractivity contribution in [2.24, 2.45) is 5.73 Å². The molecule has 1 aliphatic heterocycles. The van der Waals surface area contributed by atoms with Crippen molar-refractivity contribution in [3.05, 3.63) is 53.8 Å². The molecule has 0 aliphatic carbocycles. The average Bonchev–Trinajstić information content (AvgIpc) is 2.38. The molecule has 0 atom stereocenters. The third-order valence-corrected chi connectivity index (χ3v) is 2.39. The van der Waals surface area contributed by atoms with Gasteiger partial charge in [0.15, 0.2) is 0 Å². The number of rotatable bonds is 4. The molecule has 89 valence electrons. The number of hydrogen-bond donors (Lipinski definition) is 2. The van der Waals surface area contributed by atoms with Gasteiger partial charge in [-0.05, 0) is 23.8 Å². The first kappa shape index (κ1) is 13.9. The highest BCUT2D eigenvalue weighted by Crippen LogP contribution is 2.09. The molecule has 1 aromatic carbocycles. The van der Waals surface area contributed by atoms with Crippen LogP contribution >= 0.6 is 0 Å². The first-order valence-corrected chi connectivity index (χ1v) is 5.31. The van der Waals surface area contributed by atoms with Crippen molar-refractivity contribution in [3.8, 4) is 0 Å². The van der Waals surface area contributed by atoms with Crippen LogP contribution in [-0.4, -0.2) is 12.8 Å². The minimum atomic E-state index is 0. The lowest BCUT2D eigenvalue weighted by Crippen LogP contribution is -3.00. The number of aliphatic imine (C=N–C) groups is 1. The molecule has 17 heavy (non-hydrogen) atoms. The summed E-state index contributed by atoms with van der Waals surface area (Å²) < 4.78 is 0. The highest BCUT2D eigenvalue weighted by Gasteiger charge is 2.07. The number of allylic oxidation sites excluding steroid dienone is 3. The Morgan fingerprint density at radius 2 is 1.88 bits per heavy atom. The van der Waals surface area contributed by atoms with Crippen LogP contribution in [0.25, 0.3) is 0 Å². The molecule has 1 radical (unpaired) electrons. The van der Waals surface area contributed by atoms with E-state index in [-0.39, 0.29) is 24.0 Å². The Morgan fingerprint density at radius 3 is 2.47 bits per heavy atom. The fourth-order valence-electron chi connectivity index (χ4n) is 1.45. The monoisotopic (exact) mass is 340 g/mol. The van der Waals surface area contributed by atoms with Gasteiger partial charge in [0.1, 0.15) is 6.54 Å². The third kappa shape index (κ3) is 4.32. The van der Waals surface area contributed by atoms with Crippen LogP contribution in [0, 0.1) is 0 Å². The number of nitrogens with one attached hydrogen (secondary N) is 1. The minimum absolute atomic E-state index is 0. The molecule has 2 rings (SSSR count). The van der Waals surface area contributed by atoms with E-state index in [9.17, 15) is 0 Å². The zero-order chi connectivity index (χ0) is 11.2. The van der Waals surface area contributed by atoms with E-state index in [1.54, 1.807) is 6.21 Å². The largest absolute Gasteiger partial charge is 1.00 e. The molecule has 3 nitrogen and oxygen atoms in total. The lowest BCUT2D eigenvalue weighted by Gasteiger charge is -2.03. The zero-order valence-electron chi connectivity index (χ0n) is 9.44. The molecule has 0 saturated carbocycles. The van der Waals surface area contributed by atoms with E-state index < -0.39 is 0 Å². The summed E-state index contributed by atoms with van der Waals surface area (Å²) in [5.74, 6) is 0. The number of nitrogens with zero attached hydrogens (tertiary/aromatic N) is 1. The molecule has 0 unspecified atom stereocenters. The van der Waals surface area contributed by atoms with Crippen LogP contribution in [0.4, 0.5) is 5.69 Å². The summed E-state index contributed by atoms with van der Waals surface area (Å²) in [6.45, 7) is 1.32. The Labute approximate surface area is 119 Å². The van der Waals surface area contributed by atoms with Crippen molar-refractivity contribution in [1.29, 1.82) is 0 Å². The molecule has 0 aromatic heterocycles. The van der Waals surface area contributed by atoms with Gasteiger partial charge in [0.05, 0.1) is 4.99 Å². The number of halogens is 1. The van der Waals surface area contributed by atoms with Crippen LogP contribution < -0.4 is 40.0 Å². The summed E-state index contributed by atoms with van der Waals surface area (Å²) >= 11 is 0. The number of nitrogens with two attached hydrogens (primary N) is 1. The van der Waals surface area contributed by atoms with E-state index in [4.69, 9.17) is 5.73 Å². The second-order valence-electron chi connectivity index (χ2n) is 3.58. The molecule has 0 saturated heterocycles. The molecule has 0 bridgehead atoms. The number of benzene rings is 1. The highest BCUT2D eigenvalue weighted by atomic mass is 127. The smallest absolute Gasteiger partial charge is 0.272 e. The van der Waals surface area contributed by atoms with Crippen LogP contribution in [0.3, 0.4) is 0 Å². The van der Waals surface area contributed by atoms with Crippen molar-refractivity contribution >= 4 is 11.9 Å². The highest BCUT2D eigenvalue weighted by molar-refractivity contribution is 5.73. The Morgan fingerprint density at radius 1 is 1.12 bits per heavy atom. The van der Waals surface area contributed by atoms with Crippen molar-refractivity contribution in [2.75, 3.05) is 11.9 Å². The molecular formula is C13H15IN3. The Bertz CT molecular complexity index is 432. The van der Waals surface area contributed by atoms with Crippen molar-refractivity contribution in [2.45, 2.75) is 6.54 Å². The molecule has 1 aliphatic rings. The van der Waals surface area contributed by atoms with Crippen molar-refractivity contribution in [3.63, 3.8) is 0 Å². The van der Waals surface area contributed by atoms with Gasteiger partial charge < -0.3 is 35.0 Å². The van der Waals surface area contributed by atoms with E-state index in [2.05, 4.69) is 10.3 Å². The molecule has 0 fully saturated rings. The lowest BCUT2D eigenvalue weighted by molar-refractivity contribution is -0.00000331. The van der Waals surface area contributed by atoms with Crippen LogP contribution in [0.15, 0.2) is 48.2 Å². The van der Waals surface area contributed by atoms with Gasteiger partial charge in [-0.1, -0.05) is 12.1 Å². The van der Waals surface area contributed by atoms with Gasteiger partial charge in [0.25, 0.3) is 5.70 Å². The average molecular weight is 340 g/mol. The van der Waals surface area contributed by atoms with E-state index >= 15 is 0 Å². The quantitative estimate of drug-likeness (QED) is 0.651. The number of hydrogen-bond acceptors (Lipinski definition) is 3. The van der Waals surface area contributed by atoms with E-state index in [0.29, 0.717) is 6.54 Å². The molecular weight excluding hydrogens is 325 g/mol. The van der Waals surface area contributed by atoms with Crippen LogP contribution in [0.5, 0.6) is 0 Å². The first-order valence-electron chi connectivity index (χ1n) is 5.31. The zero-order valence-corrected chi connectivity index (χ0v) is 11.6. The van der Waals surface area contributed by atoms with Crippen molar-refractivity contribution in [1.82, 2.24) is 4.99 Å². The molecule has 0 amide bonds. The molecule has 3 N–H and O–H groups in total. The fraction of sp³-hybridized carbons (Fsp3) is 0.154. The maximum absolute atomic E-state index is 5.53. The number of anilines is 1. The normalized spacial score (nSPS) is 12.9. The topological polar surface area (TPSA) is 52.1 Å². The summed E-state index contributed by atoms with van der Waals surface area (Å²) in [6, 6.07) is 8.12. The van der Waals surface area contributed by atoms with Gasteiger partial charge in [-0.3, -0.25) is 0 Å². The maximum Gasteiger partial charge on any atom is 0.272 e. The van der Waals surface area contributed by atoms with E-state index in [1.165, 1.54) is 0 Å². The summed E-state index contributed by atoms with van der Waals surface area (Å²) in [4.78, 5) is 4.25. The van der Waals surface area contributed by atoms with Gasteiger partial charge in [0, 0.05) is 24.4 Å². The summed E-state index contributed by atoms with van der Waals surface area (Å²) in [6.07, 6.45) is 7.71.